The van der Waals surface area contributed by atoms with Gasteiger partial charge in [0.15, 0.2) is 11.6 Å². The van der Waals surface area contributed by atoms with Gasteiger partial charge in [0.05, 0.1) is 10.3 Å². The maximum Gasteiger partial charge on any atom is 0.193 e. The van der Waals surface area contributed by atoms with Crippen molar-refractivity contribution in [3.8, 4) is 16.3 Å². The number of thiophene rings is 1. The SMILES string of the molecule is Cn1cc2cc(-c3nc4sc(C5CCNCC5)cc4s3)c(O)c(F)c2n1. The standard InChI is InChI=1S/C18H17FN4OS2/c1-23-8-10-6-11(16(24)14(19)15(10)22-23)17-21-18-13(26-17)7-12(25-18)9-2-4-20-5-3-9/h6-9,20,24H,2-5H2,1H3. The van der Waals surface area contributed by atoms with Gasteiger partial charge < -0.3 is 10.4 Å². The number of thiazole rings is 1. The molecule has 1 aliphatic rings. The van der Waals surface area contributed by atoms with Gasteiger partial charge in [-0.3, -0.25) is 4.68 Å². The summed E-state index contributed by atoms with van der Waals surface area (Å²) in [6.07, 6.45) is 4.06. The highest BCUT2D eigenvalue weighted by atomic mass is 32.1. The third kappa shape index (κ3) is 2.52. The summed E-state index contributed by atoms with van der Waals surface area (Å²) in [4.78, 5) is 7.02. The van der Waals surface area contributed by atoms with Gasteiger partial charge in [-0.25, -0.2) is 9.37 Å². The molecule has 0 unspecified atom stereocenters. The van der Waals surface area contributed by atoms with E-state index in [0.29, 0.717) is 21.9 Å². The van der Waals surface area contributed by atoms with E-state index >= 15 is 0 Å². The highest BCUT2D eigenvalue weighted by Gasteiger charge is 2.22. The molecule has 0 spiro atoms. The van der Waals surface area contributed by atoms with E-state index in [1.54, 1.807) is 35.3 Å². The minimum atomic E-state index is -0.688. The van der Waals surface area contributed by atoms with Crippen molar-refractivity contribution in [1.82, 2.24) is 20.1 Å². The summed E-state index contributed by atoms with van der Waals surface area (Å²) >= 11 is 3.22. The van der Waals surface area contributed by atoms with Gasteiger partial charge in [-0.05, 0) is 44.0 Å². The van der Waals surface area contributed by atoms with E-state index in [9.17, 15) is 9.50 Å². The summed E-state index contributed by atoms with van der Waals surface area (Å²) in [6.45, 7) is 2.13. The Morgan fingerprint density at radius 1 is 1.27 bits per heavy atom. The van der Waals surface area contributed by atoms with Gasteiger partial charge in [0.2, 0.25) is 0 Å². The second-order valence-corrected chi connectivity index (χ2v) is 8.78. The number of aromatic hydroxyl groups is 1. The Bertz CT molecular complexity index is 1090. The largest absolute Gasteiger partial charge is 0.504 e. The number of nitrogens with one attached hydrogen (secondary N) is 1. The minimum Gasteiger partial charge on any atom is -0.504 e. The van der Waals surface area contributed by atoms with Crippen LogP contribution in [0.2, 0.25) is 0 Å². The minimum absolute atomic E-state index is 0.181. The number of hydrogen-bond donors (Lipinski definition) is 2. The van der Waals surface area contributed by atoms with Crippen LogP contribution in [0.25, 0.3) is 31.0 Å². The van der Waals surface area contributed by atoms with Crippen LogP contribution < -0.4 is 5.32 Å². The molecule has 4 aromatic rings. The van der Waals surface area contributed by atoms with Crippen molar-refractivity contribution in [3.05, 3.63) is 29.0 Å². The Hall–Kier alpha value is -2.03. The number of nitrogens with zero attached hydrogens (tertiary/aromatic N) is 3. The molecule has 0 amide bonds. The highest BCUT2D eigenvalue weighted by Crippen LogP contribution is 2.43. The molecule has 0 radical (unpaired) electrons. The molecule has 5 rings (SSSR count). The highest BCUT2D eigenvalue weighted by molar-refractivity contribution is 7.28. The lowest BCUT2D eigenvalue weighted by molar-refractivity contribution is 0.437. The summed E-state index contributed by atoms with van der Waals surface area (Å²) < 4.78 is 17.1. The first kappa shape index (κ1) is 16.2. The average molecular weight is 388 g/mol. The number of fused-ring (bicyclic) bond motifs is 2. The molecule has 2 N–H and O–H groups in total. The number of aromatic nitrogens is 3. The molecule has 8 heteroatoms. The van der Waals surface area contributed by atoms with Crippen LogP contribution in [0.1, 0.15) is 23.6 Å². The monoisotopic (exact) mass is 388 g/mol. The summed E-state index contributed by atoms with van der Waals surface area (Å²) in [6, 6.07) is 3.98. The average Bonchev–Trinajstić information content (AvgIpc) is 3.31. The molecular weight excluding hydrogens is 371 g/mol. The first-order chi connectivity index (χ1) is 12.6. The zero-order valence-corrected chi connectivity index (χ0v) is 15.8. The zero-order chi connectivity index (χ0) is 17.8. The van der Waals surface area contributed by atoms with Gasteiger partial charge in [-0.1, -0.05) is 0 Å². The number of phenols is 1. The fourth-order valence-electron chi connectivity index (χ4n) is 3.58. The Morgan fingerprint density at radius 3 is 2.85 bits per heavy atom. The number of benzene rings is 1. The fourth-order valence-corrected chi connectivity index (χ4v) is 5.99. The van der Waals surface area contributed by atoms with Gasteiger partial charge in [0.1, 0.15) is 15.4 Å². The molecule has 0 aliphatic carbocycles. The lowest BCUT2D eigenvalue weighted by Crippen LogP contribution is -2.26. The Morgan fingerprint density at radius 2 is 2.08 bits per heavy atom. The quantitative estimate of drug-likeness (QED) is 0.540. The predicted octanol–water partition coefficient (Wildman–Crippen LogP) is 4.22. The molecular formula is C18H17FN4OS2. The fraction of sp³-hybridized carbons (Fsp3) is 0.333. The molecule has 0 atom stereocenters. The van der Waals surface area contributed by atoms with E-state index in [2.05, 4.69) is 21.5 Å². The lowest BCUT2D eigenvalue weighted by Gasteiger charge is -2.21. The van der Waals surface area contributed by atoms with Crippen LogP contribution in [0.5, 0.6) is 5.75 Å². The molecule has 134 valence electrons. The first-order valence-corrected chi connectivity index (χ1v) is 10.2. The van der Waals surface area contributed by atoms with Crippen molar-refractivity contribution in [1.29, 1.82) is 0 Å². The molecule has 5 nitrogen and oxygen atoms in total. The van der Waals surface area contributed by atoms with E-state index in [1.165, 1.54) is 16.2 Å². The van der Waals surface area contributed by atoms with Crippen molar-refractivity contribution in [2.45, 2.75) is 18.8 Å². The van der Waals surface area contributed by atoms with Crippen molar-refractivity contribution < 1.29 is 9.50 Å². The van der Waals surface area contributed by atoms with Crippen molar-refractivity contribution in [2.24, 2.45) is 7.05 Å². The molecule has 1 aromatic carbocycles. The maximum absolute atomic E-state index is 14.5. The third-order valence-electron chi connectivity index (χ3n) is 4.91. The van der Waals surface area contributed by atoms with E-state index < -0.39 is 5.82 Å². The normalized spacial score (nSPS) is 16.1. The number of phenolic OH excluding ortho intramolecular Hbond substituents is 1. The molecule has 26 heavy (non-hydrogen) atoms. The number of piperidine rings is 1. The van der Waals surface area contributed by atoms with Gasteiger partial charge in [-0.2, -0.15) is 5.10 Å². The zero-order valence-electron chi connectivity index (χ0n) is 14.1. The molecule has 3 aromatic heterocycles. The number of hydrogen-bond acceptors (Lipinski definition) is 6. The topological polar surface area (TPSA) is 63.0 Å². The van der Waals surface area contributed by atoms with Crippen molar-refractivity contribution in [2.75, 3.05) is 13.1 Å². The molecule has 4 heterocycles. The van der Waals surface area contributed by atoms with Gasteiger partial charge >= 0.3 is 0 Å². The predicted molar refractivity (Wildman–Crippen MR) is 104 cm³/mol. The van der Waals surface area contributed by atoms with Crippen LogP contribution in [-0.2, 0) is 7.05 Å². The number of halogens is 1. The summed E-state index contributed by atoms with van der Waals surface area (Å²) in [5, 5.41) is 19.1. The van der Waals surface area contributed by atoms with E-state index in [1.807, 2.05) is 0 Å². The summed E-state index contributed by atoms with van der Waals surface area (Å²) in [7, 11) is 1.73. The van der Waals surface area contributed by atoms with E-state index in [4.69, 9.17) is 0 Å². The molecule has 0 saturated carbocycles. The molecule has 1 fully saturated rings. The third-order valence-corrected chi connectivity index (χ3v) is 7.26. The first-order valence-electron chi connectivity index (χ1n) is 8.56. The van der Waals surface area contributed by atoms with Crippen LogP contribution >= 0.6 is 22.7 Å². The van der Waals surface area contributed by atoms with E-state index in [0.717, 1.165) is 35.5 Å². The van der Waals surface area contributed by atoms with Crippen LogP contribution in [0, 0.1) is 5.82 Å². The maximum atomic E-state index is 14.5. The van der Waals surface area contributed by atoms with Crippen molar-refractivity contribution in [3.63, 3.8) is 0 Å². The summed E-state index contributed by atoms with van der Waals surface area (Å²) in [5.41, 5.74) is 0.611. The van der Waals surface area contributed by atoms with E-state index in [-0.39, 0.29) is 11.3 Å². The number of rotatable bonds is 2. The second kappa shape index (κ2) is 6.00. The molecule has 0 bridgehead atoms. The molecule has 1 aliphatic heterocycles. The summed E-state index contributed by atoms with van der Waals surface area (Å²) in [5.74, 6) is -0.466. The smallest absolute Gasteiger partial charge is 0.193 e. The van der Waals surface area contributed by atoms with Gasteiger partial charge in [0, 0.05) is 23.5 Å². The Kier molecular flexibility index (Phi) is 3.73. The molecule has 1 saturated heterocycles. The Labute approximate surface area is 157 Å². The van der Waals surface area contributed by atoms with Crippen LogP contribution in [0.3, 0.4) is 0 Å². The van der Waals surface area contributed by atoms with Crippen LogP contribution in [-0.4, -0.2) is 33.0 Å². The van der Waals surface area contributed by atoms with Gasteiger partial charge in [0.25, 0.3) is 0 Å². The van der Waals surface area contributed by atoms with Gasteiger partial charge in [-0.15, -0.1) is 22.7 Å². The lowest BCUT2D eigenvalue weighted by atomic mass is 9.97. The Balaban J connectivity index is 1.57. The number of aryl methyl sites for hydroxylation is 1. The van der Waals surface area contributed by atoms with Crippen LogP contribution in [0.15, 0.2) is 18.3 Å². The van der Waals surface area contributed by atoms with Crippen LogP contribution in [0.4, 0.5) is 4.39 Å². The van der Waals surface area contributed by atoms with Crippen molar-refractivity contribution >= 4 is 43.1 Å². The second-order valence-electron chi connectivity index (χ2n) is 6.69.